The van der Waals surface area contributed by atoms with Crippen LogP contribution in [0.4, 0.5) is 0 Å². The summed E-state index contributed by atoms with van der Waals surface area (Å²) in [6.45, 7) is -0.744. The Morgan fingerprint density at radius 1 is 0.765 bits per heavy atom. The Morgan fingerprint density at radius 2 is 1.12 bits per heavy atom. The van der Waals surface area contributed by atoms with Crippen LogP contribution in [-0.4, -0.2) is 40.9 Å². The molecule has 0 heterocycles. The van der Waals surface area contributed by atoms with E-state index in [1.165, 1.54) is 0 Å². The maximum absolute atomic E-state index is 10.7. The predicted octanol–water partition coefficient (Wildman–Crippen LogP) is -0.688. The first-order chi connectivity index (χ1) is 7.91. The Labute approximate surface area is 94.7 Å². The van der Waals surface area contributed by atoms with E-state index < -0.39 is 30.7 Å². The molecule has 2 N–H and O–H groups in total. The fraction of sp³-hybridized carbons (Fsp3) is 0.111. The van der Waals surface area contributed by atoms with Gasteiger partial charge in [-0.1, -0.05) is 0 Å². The topological polar surface area (TPSA) is 127 Å². The summed E-state index contributed by atoms with van der Waals surface area (Å²) in [6.07, 6.45) is 2.36. The molecule has 0 atom stereocenters. The quantitative estimate of drug-likeness (QED) is 0.357. The first-order valence-electron chi connectivity index (χ1n) is 4.07. The van der Waals surface area contributed by atoms with Crippen molar-refractivity contribution < 1.29 is 38.9 Å². The van der Waals surface area contributed by atoms with E-state index >= 15 is 0 Å². The van der Waals surface area contributed by atoms with Crippen LogP contribution >= 0.6 is 0 Å². The third-order valence-corrected chi connectivity index (χ3v) is 1.13. The van der Waals surface area contributed by atoms with Crippen LogP contribution in [0, 0.1) is 0 Å². The normalized spacial score (nSPS) is 10.4. The van der Waals surface area contributed by atoms with Gasteiger partial charge in [0.25, 0.3) is 0 Å². The Balaban J connectivity index is 3.84. The summed E-state index contributed by atoms with van der Waals surface area (Å²) in [4.78, 5) is 41.4. The fourth-order valence-electron chi connectivity index (χ4n) is 0.521. The molecule has 92 valence electrons. The molecule has 0 saturated carbocycles. The molecule has 0 fully saturated rings. The molecule has 0 aromatic rings. The summed E-state index contributed by atoms with van der Waals surface area (Å²) in [5.74, 6) is -4.68. The number of carbonyl (C=O) groups excluding carboxylic acids is 2. The zero-order valence-electron chi connectivity index (χ0n) is 8.36. The van der Waals surface area contributed by atoms with Crippen molar-refractivity contribution >= 4 is 23.9 Å². The zero-order valence-corrected chi connectivity index (χ0v) is 8.36. The largest absolute Gasteiger partial charge is 0.478 e. The lowest BCUT2D eigenvalue weighted by Crippen LogP contribution is -2.10. The molecule has 0 unspecified atom stereocenters. The van der Waals surface area contributed by atoms with Crippen molar-refractivity contribution in [3.63, 3.8) is 0 Å². The molecule has 8 heteroatoms. The van der Waals surface area contributed by atoms with Crippen LogP contribution in [0.25, 0.3) is 0 Å². The molecular weight excluding hydrogens is 236 g/mol. The highest BCUT2D eigenvalue weighted by molar-refractivity contribution is 5.91. The number of ether oxygens (including phenoxy) is 2. The Hall–Kier alpha value is -2.64. The molecule has 0 aliphatic carbocycles. The van der Waals surface area contributed by atoms with Crippen LogP contribution in [0.2, 0.25) is 0 Å². The van der Waals surface area contributed by atoms with Gasteiger partial charge >= 0.3 is 23.9 Å². The van der Waals surface area contributed by atoms with Crippen LogP contribution in [-0.2, 0) is 28.7 Å². The van der Waals surface area contributed by atoms with Gasteiger partial charge in [0.1, 0.15) is 0 Å². The summed E-state index contributed by atoms with van der Waals surface area (Å²) in [6, 6.07) is 0. The van der Waals surface area contributed by atoms with E-state index in [1.807, 2.05) is 0 Å². The maximum Gasteiger partial charge on any atom is 0.333 e. The van der Waals surface area contributed by atoms with Crippen LogP contribution in [0.3, 0.4) is 0 Å². The van der Waals surface area contributed by atoms with Gasteiger partial charge in [-0.2, -0.15) is 0 Å². The van der Waals surface area contributed by atoms with E-state index in [0.717, 1.165) is 0 Å². The number of aliphatic carboxylic acids is 2. The number of carbonyl (C=O) groups is 4. The van der Waals surface area contributed by atoms with E-state index in [9.17, 15) is 19.2 Å². The SMILES string of the molecule is O=C(O)C=CC(=O)OCOC(=O)C=CC(=O)O. The molecule has 0 bridgehead atoms. The molecule has 0 aliphatic rings. The van der Waals surface area contributed by atoms with Crippen molar-refractivity contribution in [2.75, 3.05) is 6.79 Å². The Kier molecular flexibility index (Phi) is 6.44. The van der Waals surface area contributed by atoms with E-state index in [2.05, 4.69) is 9.47 Å². The van der Waals surface area contributed by atoms with Gasteiger partial charge in [-0.25, -0.2) is 19.2 Å². The van der Waals surface area contributed by atoms with Crippen LogP contribution in [0.1, 0.15) is 0 Å². The third kappa shape index (κ3) is 9.66. The molecule has 0 aliphatic heterocycles. The molecule has 0 saturated heterocycles. The lowest BCUT2D eigenvalue weighted by Gasteiger charge is -2.00. The number of rotatable bonds is 6. The number of carboxylic acid groups (broad SMARTS) is 2. The molecular formula is C9H8O8. The van der Waals surface area contributed by atoms with Crippen LogP contribution < -0.4 is 0 Å². The Morgan fingerprint density at radius 3 is 1.41 bits per heavy atom. The summed E-state index contributed by atoms with van der Waals surface area (Å²) in [7, 11) is 0. The highest BCUT2D eigenvalue weighted by atomic mass is 16.7. The van der Waals surface area contributed by atoms with Gasteiger partial charge in [-0.3, -0.25) is 0 Å². The minimum Gasteiger partial charge on any atom is -0.478 e. The van der Waals surface area contributed by atoms with Crippen molar-refractivity contribution in [3.05, 3.63) is 24.3 Å². The molecule has 0 radical (unpaired) electrons. The molecule has 0 amide bonds. The number of esters is 2. The minimum atomic E-state index is -1.33. The Bertz CT molecular complexity index is 342. The van der Waals surface area contributed by atoms with E-state index in [-0.39, 0.29) is 0 Å². The van der Waals surface area contributed by atoms with E-state index in [1.54, 1.807) is 0 Å². The highest BCUT2D eigenvalue weighted by Crippen LogP contribution is 1.87. The second kappa shape index (κ2) is 7.63. The number of hydrogen-bond acceptors (Lipinski definition) is 6. The average molecular weight is 244 g/mol. The summed E-state index contributed by atoms with van der Waals surface area (Å²) in [5.41, 5.74) is 0. The van der Waals surface area contributed by atoms with E-state index in [4.69, 9.17) is 10.2 Å². The van der Waals surface area contributed by atoms with Crippen molar-refractivity contribution in [1.29, 1.82) is 0 Å². The van der Waals surface area contributed by atoms with Crippen molar-refractivity contribution in [3.8, 4) is 0 Å². The molecule has 8 nitrogen and oxygen atoms in total. The standard InChI is InChI=1S/C9H8O8/c10-6(11)1-3-8(14)16-5-17-9(15)4-2-7(12)13/h1-4H,5H2,(H,10,11)(H,12,13). The number of carboxylic acids is 2. The fourth-order valence-corrected chi connectivity index (χ4v) is 0.521. The first kappa shape index (κ1) is 14.4. The van der Waals surface area contributed by atoms with E-state index in [0.29, 0.717) is 24.3 Å². The van der Waals surface area contributed by atoms with Gasteiger partial charge in [0.15, 0.2) is 0 Å². The molecule has 17 heavy (non-hydrogen) atoms. The van der Waals surface area contributed by atoms with Crippen LogP contribution in [0.15, 0.2) is 24.3 Å². The van der Waals surface area contributed by atoms with Crippen molar-refractivity contribution in [2.24, 2.45) is 0 Å². The average Bonchev–Trinajstić information content (AvgIpc) is 2.23. The summed E-state index contributed by atoms with van der Waals surface area (Å²) < 4.78 is 8.51. The van der Waals surface area contributed by atoms with Gasteiger partial charge in [-0.05, 0) is 0 Å². The monoisotopic (exact) mass is 244 g/mol. The van der Waals surface area contributed by atoms with Crippen molar-refractivity contribution in [2.45, 2.75) is 0 Å². The molecule has 0 rings (SSSR count). The lowest BCUT2D eigenvalue weighted by atomic mass is 10.5. The lowest BCUT2D eigenvalue weighted by molar-refractivity contribution is -0.160. The zero-order chi connectivity index (χ0) is 13.3. The van der Waals surface area contributed by atoms with Crippen molar-refractivity contribution in [1.82, 2.24) is 0 Å². The van der Waals surface area contributed by atoms with Gasteiger partial charge in [-0.15, -0.1) is 0 Å². The molecule has 0 spiro atoms. The van der Waals surface area contributed by atoms with Crippen LogP contribution in [0.5, 0.6) is 0 Å². The van der Waals surface area contributed by atoms with Gasteiger partial charge < -0.3 is 19.7 Å². The third-order valence-electron chi connectivity index (χ3n) is 1.13. The van der Waals surface area contributed by atoms with Gasteiger partial charge in [0.2, 0.25) is 6.79 Å². The number of hydrogen-bond donors (Lipinski definition) is 2. The second-order valence-electron chi connectivity index (χ2n) is 2.39. The first-order valence-corrected chi connectivity index (χ1v) is 4.07. The second-order valence-corrected chi connectivity index (χ2v) is 2.39. The smallest absolute Gasteiger partial charge is 0.333 e. The minimum absolute atomic E-state index is 0.550. The predicted molar refractivity (Wildman–Crippen MR) is 50.6 cm³/mol. The van der Waals surface area contributed by atoms with Gasteiger partial charge in [0.05, 0.1) is 0 Å². The summed E-state index contributed by atoms with van der Waals surface area (Å²) >= 11 is 0. The summed E-state index contributed by atoms with van der Waals surface area (Å²) in [5, 5.41) is 16.3. The maximum atomic E-state index is 10.7. The molecule has 0 aromatic carbocycles. The highest BCUT2D eigenvalue weighted by Gasteiger charge is 2.01. The van der Waals surface area contributed by atoms with Gasteiger partial charge in [0, 0.05) is 24.3 Å². The molecule has 0 aromatic heterocycles.